The quantitative estimate of drug-likeness (QED) is 0.737. The van der Waals surface area contributed by atoms with Crippen molar-refractivity contribution in [2.45, 2.75) is 24.9 Å². The number of Topliss-reactive ketones (excluding diaryl/α,β-unsaturated/α-hetero) is 1. The Morgan fingerprint density at radius 3 is 2.45 bits per heavy atom. The number of benzene rings is 1. The Bertz CT molecular complexity index is 566. The molecule has 20 heavy (non-hydrogen) atoms. The van der Waals surface area contributed by atoms with Crippen LogP contribution in [0.15, 0.2) is 42.5 Å². The maximum Gasteiger partial charge on any atom is 0.410 e. The molecule has 2 bridgehead atoms. The van der Waals surface area contributed by atoms with Crippen LogP contribution in [0.25, 0.3) is 0 Å². The summed E-state index contributed by atoms with van der Waals surface area (Å²) in [5, 5.41) is 0. The Morgan fingerprint density at radius 2 is 1.80 bits per heavy atom. The standard InChI is InChI=1S/C16H17NO3/c1-10-12-8-9-13(17(12)16(19)20-2)14(15(10)18)11-6-4-3-5-7-11/h3-10,12-14H,1-2H3. The Balaban J connectivity index is 2.03. The number of carbonyl (C=O) groups excluding carboxylic acids is 2. The summed E-state index contributed by atoms with van der Waals surface area (Å²) in [5.41, 5.74) is 0.952. The molecule has 0 saturated carbocycles. The monoisotopic (exact) mass is 271 g/mol. The minimum absolute atomic E-state index is 0.181. The van der Waals surface area contributed by atoms with Crippen LogP contribution in [0.3, 0.4) is 0 Å². The highest BCUT2D eigenvalue weighted by Crippen LogP contribution is 2.41. The van der Waals surface area contributed by atoms with Crippen molar-refractivity contribution < 1.29 is 14.3 Å². The van der Waals surface area contributed by atoms with Gasteiger partial charge in [-0.25, -0.2) is 4.79 Å². The van der Waals surface area contributed by atoms with Gasteiger partial charge in [-0.05, 0) is 5.56 Å². The van der Waals surface area contributed by atoms with Gasteiger partial charge >= 0.3 is 6.09 Å². The molecule has 1 aromatic rings. The molecular weight excluding hydrogens is 254 g/mol. The predicted octanol–water partition coefficient (Wildman–Crippen LogP) is 2.36. The number of fused-ring (bicyclic) bond motifs is 2. The highest BCUT2D eigenvalue weighted by Gasteiger charge is 2.50. The van der Waals surface area contributed by atoms with E-state index < -0.39 is 0 Å². The van der Waals surface area contributed by atoms with Crippen LogP contribution in [-0.4, -0.2) is 36.0 Å². The number of ketones is 1. The van der Waals surface area contributed by atoms with E-state index in [1.165, 1.54) is 7.11 Å². The summed E-state index contributed by atoms with van der Waals surface area (Å²) in [7, 11) is 1.38. The summed E-state index contributed by atoms with van der Waals surface area (Å²) < 4.78 is 4.87. The van der Waals surface area contributed by atoms with Crippen molar-refractivity contribution in [2.24, 2.45) is 5.92 Å². The summed E-state index contributed by atoms with van der Waals surface area (Å²) in [5.74, 6) is -0.328. The van der Waals surface area contributed by atoms with Gasteiger partial charge in [0, 0.05) is 5.92 Å². The van der Waals surface area contributed by atoms with Crippen molar-refractivity contribution in [1.29, 1.82) is 0 Å². The van der Waals surface area contributed by atoms with Gasteiger partial charge in [-0.2, -0.15) is 0 Å². The zero-order valence-corrected chi connectivity index (χ0v) is 11.5. The molecule has 1 aromatic carbocycles. The number of piperidine rings is 1. The van der Waals surface area contributed by atoms with Gasteiger partial charge in [-0.1, -0.05) is 49.4 Å². The molecule has 0 N–H and O–H groups in total. The summed E-state index contributed by atoms with van der Waals surface area (Å²) in [6.07, 6.45) is 3.54. The molecule has 104 valence electrons. The molecule has 2 aliphatic heterocycles. The van der Waals surface area contributed by atoms with Gasteiger partial charge in [0.2, 0.25) is 0 Å². The lowest BCUT2D eigenvalue weighted by molar-refractivity contribution is -0.129. The van der Waals surface area contributed by atoms with Crippen LogP contribution in [0.4, 0.5) is 4.79 Å². The van der Waals surface area contributed by atoms with Crippen LogP contribution in [0, 0.1) is 5.92 Å². The van der Waals surface area contributed by atoms with Gasteiger partial charge in [0.15, 0.2) is 0 Å². The minimum atomic E-state index is -0.370. The first-order valence-electron chi connectivity index (χ1n) is 6.78. The second-order valence-corrected chi connectivity index (χ2v) is 5.32. The van der Waals surface area contributed by atoms with E-state index >= 15 is 0 Å². The van der Waals surface area contributed by atoms with E-state index in [0.717, 1.165) is 5.56 Å². The largest absolute Gasteiger partial charge is 0.453 e. The van der Waals surface area contributed by atoms with E-state index in [4.69, 9.17) is 4.74 Å². The van der Waals surface area contributed by atoms with E-state index in [9.17, 15) is 9.59 Å². The minimum Gasteiger partial charge on any atom is -0.453 e. The summed E-state index contributed by atoms with van der Waals surface area (Å²) in [6.45, 7) is 1.88. The molecule has 0 aromatic heterocycles. The van der Waals surface area contributed by atoms with Gasteiger partial charge in [0.1, 0.15) is 5.78 Å². The molecule has 4 heteroatoms. The maximum atomic E-state index is 12.6. The summed E-state index contributed by atoms with van der Waals surface area (Å²) in [4.78, 5) is 26.3. The zero-order valence-electron chi connectivity index (χ0n) is 11.5. The Morgan fingerprint density at radius 1 is 1.15 bits per heavy atom. The number of methoxy groups -OCH3 is 1. The van der Waals surface area contributed by atoms with E-state index in [2.05, 4.69) is 0 Å². The molecule has 4 nitrogen and oxygen atoms in total. The van der Waals surface area contributed by atoms with Crippen LogP contribution < -0.4 is 0 Å². The Kier molecular flexibility index (Phi) is 3.08. The first-order valence-corrected chi connectivity index (χ1v) is 6.78. The van der Waals surface area contributed by atoms with E-state index in [-0.39, 0.29) is 35.8 Å². The topological polar surface area (TPSA) is 46.6 Å². The third-order valence-corrected chi connectivity index (χ3v) is 4.30. The zero-order chi connectivity index (χ0) is 14.3. The summed E-state index contributed by atoms with van der Waals surface area (Å²) in [6, 6.07) is 9.22. The number of hydrogen-bond acceptors (Lipinski definition) is 3. The molecular formula is C16H17NO3. The second kappa shape index (κ2) is 4.78. The molecule has 3 rings (SSSR count). The third kappa shape index (κ3) is 1.75. The lowest BCUT2D eigenvalue weighted by Crippen LogP contribution is -2.55. The van der Waals surface area contributed by atoms with Gasteiger partial charge in [-0.15, -0.1) is 0 Å². The molecule has 0 radical (unpaired) electrons. The van der Waals surface area contributed by atoms with Crippen molar-refractivity contribution in [2.75, 3.05) is 7.11 Å². The predicted molar refractivity (Wildman–Crippen MR) is 74.3 cm³/mol. The van der Waals surface area contributed by atoms with Crippen molar-refractivity contribution >= 4 is 11.9 Å². The first kappa shape index (κ1) is 12.9. The fraction of sp³-hybridized carbons (Fsp3) is 0.375. The Labute approximate surface area is 118 Å². The molecule has 1 saturated heterocycles. The lowest BCUT2D eigenvalue weighted by atomic mass is 9.78. The van der Waals surface area contributed by atoms with Crippen LogP contribution in [0.2, 0.25) is 0 Å². The SMILES string of the molecule is COC(=O)N1C2C=CC1C(c1ccccc1)C(=O)C2C. The molecule has 4 atom stereocenters. The van der Waals surface area contributed by atoms with Crippen LogP contribution in [0.1, 0.15) is 18.4 Å². The fourth-order valence-corrected chi connectivity index (χ4v) is 3.28. The number of ether oxygens (including phenoxy) is 1. The van der Waals surface area contributed by atoms with Crippen molar-refractivity contribution in [1.82, 2.24) is 4.90 Å². The molecule has 1 amide bonds. The van der Waals surface area contributed by atoms with E-state index in [1.807, 2.05) is 49.4 Å². The average Bonchev–Trinajstić information content (AvgIpc) is 2.86. The second-order valence-electron chi connectivity index (χ2n) is 5.32. The smallest absolute Gasteiger partial charge is 0.410 e. The number of amides is 1. The van der Waals surface area contributed by atoms with Gasteiger partial charge in [0.05, 0.1) is 25.1 Å². The maximum absolute atomic E-state index is 12.6. The average molecular weight is 271 g/mol. The van der Waals surface area contributed by atoms with Gasteiger partial charge < -0.3 is 4.74 Å². The number of hydrogen-bond donors (Lipinski definition) is 0. The number of rotatable bonds is 1. The van der Waals surface area contributed by atoms with E-state index in [0.29, 0.717) is 0 Å². The fourth-order valence-electron chi connectivity index (χ4n) is 3.28. The Hall–Kier alpha value is -2.10. The van der Waals surface area contributed by atoms with Crippen molar-refractivity contribution in [3.8, 4) is 0 Å². The number of nitrogens with zero attached hydrogens (tertiary/aromatic N) is 1. The first-order chi connectivity index (χ1) is 9.65. The summed E-state index contributed by atoms with van der Waals surface area (Å²) >= 11 is 0. The number of carbonyl (C=O) groups is 2. The molecule has 0 spiro atoms. The molecule has 2 heterocycles. The highest BCUT2D eigenvalue weighted by molar-refractivity contribution is 5.93. The molecule has 0 aliphatic carbocycles. The van der Waals surface area contributed by atoms with Gasteiger partial charge in [-0.3, -0.25) is 9.69 Å². The van der Waals surface area contributed by atoms with Crippen molar-refractivity contribution in [3.63, 3.8) is 0 Å². The molecule has 1 fully saturated rings. The van der Waals surface area contributed by atoms with Crippen molar-refractivity contribution in [3.05, 3.63) is 48.0 Å². The third-order valence-electron chi connectivity index (χ3n) is 4.30. The lowest BCUT2D eigenvalue weighted by Gasteiger charge is -2.41. The molecule has 4 unspecified atom stereocenters. The highest BCUT2D eigenvalue weighted by atomic mass is 16.5. The van der Waals surface area contributed by atoms with Crippen LogP contribution in [0.5, 0.6) is 0 Å². The van der Waals surface area contributed by atoms with E-state index in [1.54, 1.807) is 4.90 Å². The van der Waals surface area contributed by atoms with Crippen LogP contribution >= 0.6 is 0 Å². The van der Waals surface area contributed by atoms with Gasteiger partial charge in [0.25, 0.3) is 0 Å². The normalized spacial score (nSPS) is 31.5. The van der Waals surface area contributed by atoms with Crippen LogP contribution in [-0.2, 0) is 9.53 Å². The molecule has 2 aliphatic rings.